The van der Waals surface area contributed by atoms with E-state index in [2.05, 4.69) is 25.8 Å². The predicted octanol–water partition coefficient (Wildman–Crippen LogP) is 7.23. The van der Waals surface area contributed by atoms with Crippen molar-refractivity contribution in [1.82, 2.24) is 20.4 Å². The summed E-state index contributed by atoms with van der Waals surface area (Å²) >= 11 is 0. The maximum atomic E-state index is 13.3. The van der Waals surface area contributed by atoms with Gasteiger partial charge in [0.05, 0.1) is 56.5 Å². The molecule has 20 heteroatoms. The normalized spacial score (nSPS) is 12.5. The fraction of sp³-hybridized carbons (Fsp3) is 0.267. The summed E-state index contributed by atoms with van der Waals surface area (Å²) < 4.78 is 102. The second kappa shape index (κ2) is 20.5. The minimum absolute atomic E-state index is 0.150. The highest BCUT2D eigenvalue weighted by Gasteiger charge is 2.34. The van der Waals surface area contributed by atoms with Crippen LogP contribution in [0.3, 0.4) is 0 Å². The number of aliphatic hydroxyl groups excluding tert-OH is 1. The number of benzene rings is 4. The van der Waals surface area contributed by atoms with Crippen LogP contribution < -0.4 is 21.1 Å². The monoisotopic (exact) mass is 931 g/mol. The van der Waals surface area contributed by atoms with Crippen LogP contribution in [0.4, 0.5) is 24.7 Å². The van der Waals surface area contributed by atoms with Gasteiger partial charge in [-0.1, -0.05) is 41.6 Å². The molecule has 15 nitrogen and oxygen atoms in total. The van der Waals surface area contributed by atoms with Crippen LogP contribution in [0.15, 0.2) is 118 Å². The molecule has 0 saturated heterocycles. The van der Waals surface area contributed by atoms with Gasteiger partial charge in [-0.05, 0) is 99.8 Å². The standard InChI is InChI=1S/C45H44F3N7O8S2/c1-28(2)65(60,61)36-16-11-31(12-17-36)39-26-52-43(50)42(54-39)41-23-38(55-63-41)30-8-6-29(7-9-30)25-51-20-4-3-5-21-62-34-14-18-35(19-15-34)64(58,59)27-40(56)44(57)53-33-13-10-32(24-49)37(22-33)45(46,47)48/h6-19,22-23,26,28,40,51,56H,3-5,20-21,25,27H2,1-2H3,(H2,50,52)(H,53,57)/t40-/m0/s1. The number of nitriles is 1. The smallest absolute Gasteiger partial charge is 0.417 e. The van der Waals surface area contributed by atoms with Crippen LogP contribution in [0.2, 0.25) is 0 Å². The van der Waals surface area contributed by atoms with Crippen molar-refractivity contribution in [1.29, 1.82) is 5.26 Å². The number of ether oxygens (including phenoxy) is 1. The van der Waals surface area contributed by atoms with E-state index < -0.39 is 60.0 Å². The Kier molecular flexibility index (Phi) is 15.0. The third-order valence-corrected chi connectivity index (χ3v) is 14.0. The van der Waals surface area contributed by atoms with Crippen molar-refractivity contribution in [2.24, 2.45) is 0 Å². The number of hydrogen-bond acceptors (Lipinski definition) is 14. The zero-order valence-electron chi connectivity index (χ0n) is 35.0. The zero-order chi connectivity index (χ0) is 46.9. The van der Waals surface area contributed by atoms with E-state index in [9.17, 15) is 39.9 Å². The lowest BCUT2D eigenvalue weighted by molar-refractivity contribution is -0.137. The van der Waals surface area contributed by atoms with Gasteiger partial charge in [-0.3, -0.25) is 4.79 Å². The molecule has 0 radical (unpaired) electrons. The molecule has 0 fully saturated rings. The van der Waals surface area contributed by atoms with Gasteiger partial charge in [0.15, 0.2) is 36.9 Å². The van der Waals surface area contributed by atoms with Crippen LogP contribution in [0.5, 0.6) is 5.75 Å². The fourth-order valence-electron chi connectivity index (χ4n) is 6.38. The van der Waals surface area contributed by atoms with Crippen LogP contribution in [0.25, 0.3) is 34.0 Å². The predicted molar refractivity (Wildman–Crippen MR) is 235 cm³/mol. The largest absolute Gasteiger partial charge is 0.494 e. The Bertz CT molecular complexity index is 2890. The number of carbonyl (C=O) groups is 1. The Labute approximate surface area is 373 Å². The number of aromatic nitrogens is 3. The summed E-state index contributed by atoms with van der Waals surface area (Å²) in [6.45, 7) is 5.04. The first-order valence-corrected chi connectivity index (χ1v) is 23.4. The second-order valence-electron chi connectivity index (χ2n) is 15.1. The Hall–Kier alpha value is -6.66. The van der Waals surface area contributed by atoms with E-state index in [-0.39, 0.29) is 21.3 Å². The van der Waals surface area contributed by atoms with E-state index in [1.54, 1.807) is 44.2 Å². The second-order valence-corrected chi connectivity index (χ2v) is 19.6. The van der Waals surface area contributed by atoms with E-state index in [0.717, 1.165) is 49.1 Å². The first kappa shape index (κ1) is 47.8. The van der Waals surface area contributed by atoms with Gasteiger partial charge >= 0.3 is 6.18 Å². The minimum Gasteiger partial charge on any atom is -0.494 e. The van der Waals surface area contributed by atoms with Crippen molar-refractivity contribution < 1.29 is 49.2 Å². The molecule has 0 aliphatic carbocycles. The Morgan fingerprint density at radius 2 is 1.55 bits per heavy atom. The molecule has 2 aromatic heterocycles. The van der Waals surface area contributed by atoms with Crippen LogP contribution in [-0.2, 0) is 37.2 Å². The highest BCUT2D eigenvalue weighted by Crippen LogP contribution is 2.34. The van der Waals surface area contributed by atoms with Crippen molar-refractivity contribution in [3.05, 3.63) is 120 Å². The molecular weight excluding hydrogens is 888 g/mol. The number of nitrogens with zero attached hydrogens (tertiary/aromatic N) is 4. The molecule has 6 rings (SSSR count). The molecule has 0 bridgehead atoms. The summed E-state index contributed by atoms with van der Waals surface area (Å²) in [5.41, 5.74) is 7.75. The number of halogens is 3. The summed E-state index contributed by atoms with van der Waals surface area (Å²) in [5.74, 6) is -1.36. The molecule has 2 heterocycles. The number of alkyl halides is 3. The summed E-state index contributed by atoms with van der Waals surface area (Å²) in [5, 5.41) is 28.3. The molecule has 1 atom stereocenters. The number of carbonyl (C=O) groups excluding carboxylic acids is 1. The van der Waals surface area contributed by atoms with Crippen molar-refractivity contribution in [2.45, 2.75) is 67.0 Å². The molecule has 6 aromatic rings. The van der Waals surface area contributed by atoms with E-state index in [1.165, 1.54) is 36.5 Å². The average Bonchev–Trinajstić information content (AvgIpc) is 3.77. The number of amides is 1. The topological polar surface area (TPSA) is 240 Å². The zero-order valence-corrected chi connectivity index (χ0v) is 36.7. The number of nitrogens with two attached hydrogens (primary N) is 1. The maximum Gasteiger partial charge on any atom is 0.417 e. The lowest BCUT2D eigenvalue weighted by atomic mass is 10.1. The van der Waals surface area contributed by atoms with Gasteiger partial charge in [0.2, 0.25) is 0 Å². The van der Waals surface area contributed by atoms with E-state index >= 15 is 0 Å². The summed E-state index contributed by atoms with van der Waals surface area (Å²) in [7, 11) is -7.59. The van der Waals surface area contributed by atoms with Crippen molar-refractivity contribution in [2.75, 3.05) is 30.0 Å². The van der Waals surface area contributed by atoms with Gasteiger partial charge in [-0.15, -0.1) is 0 Å². The Morgan fingerprint density at radius 1 is 0.892 bits per heavy atom. The van der Waals surface area contributed by atoms with E-state index in [4.69, 9.17) is 20.3 Å². The number of anilines is 2. The minimum atomic E-state index is -4.87. The average molecular weight is 932 g/mol. The van der Waals surface area contributed by atoms with Gasteiger partial charge < -0.3 is 30.7 Å². The van der Waals surface area contributed by atoms with Gasteiger partial charge in [0, 0.05) is 29.4 Å². The number of unbranched alkanes of at least 4 members (excludes halogenated alkanes) is 2. The Morgan fingerprint density at radius 3 is 2.22 bits per heavy atom. The lowest BCUT2D eigenvalue weighted by Crippen LogP contribution is -2.34. The molecule has 0 aliphatic rings. The van der Waals surface area contributed by atoms with Crippen LogP contribution in [-0.4, -0.2) is 73.2 Å². The Balaban J connectivity index is 0.898. The highest BCUT2D eigenvalue weighted by molar-refractivity contribution is 7.92. The SMILES string of the molecule is CC(C)S(=O)(=O)c1ccc(-c2cnc(N)c(-c3cc(-c4ccc(CNCCCCCOc5ccc(S(=O)(=O)C[C@H](O)C(=O)Nc6ccc(C#N)c(C(F)(F)F)c6)cc5)cc4)no3)n2)cc1. The maximum absolute atomic E-state index is 13.3. The van der Waals surface area contributed by atoms with Gasteiger partial charge in [0.25, 0.3) is 5.91 Å². The third kappa shape index (κ3) is 12.1. The third-order valence-electron chi connectivity index (χ3n) is 10.1. The first-order valence-electron chi connectivity index (χ1n) is 20.2. The van der Waals surface area contributed by atoms with Crippen LogP contribution in [0.1, 0.15) is 49.8 Å². The molecule has 0 saturated carbocycles. The number of rotatable bonds is 19. The van der Waals surface area contributed by atoms with E-state index in [1.807, 2.05) is 24.3 Å². The quantitative estimate of drug-likeness (QED) is 0.0586. The summed E-state index contributed by atoms with van der Waals surface area (Å²) in [4.78, 5) is 21.4. The molecule has 0 aliphatic heterocycles. The number of aliphatic hydroxyl groups is 1. The molecule has 0 unspecified atom stereocenters. The molecule has 1 amide bonds. The van der Waals surface area contributed by atoms with E-state index in [0.29, 0.717) is 53.4 Å². The van der Waals surface area contributed by atoms with Gasteiger partial charge in [-0.25, -0.2) is 26.8 Å². The van der Waals surface area contributed by atoms with Crippen LogP contribution >= 0.6 is 0 Å². The molecular formula is C45H44F3N7O8S2. The van der Waals surface area contributed by atoms with Crippen molar-refractivity contribution >= 4 is 37.1 Å². The van der Waals surface area contributed by atoms with Crippen molar-refractivity contribution in [3.8, 4) is 45.8 Å². The van der Waals surface area contributed by atoms with Crippen molar-refractivity contribution in [3.63, 3.8) is 0 Å². The summed E-state index contributed by atoms with van der Waals surface area (Å²) in [6.07, 6.45) is -2.98. The highest BCUT2D eigenvalue weighted by atomic mass is 32.2. The number of sulfone groups is 2. The van der Waals surface area contributed by atoms with Crippen LogP contribution in [0, 0.1) is 11.3 Å². The fourth-order valence-corrected chi connectivity index (χ4v) is 8.75. The first-order chi connectivity index (χ1) is 30.8. The molecule has 5 N–H and O–H groups in total. The number of nitrogen functional groups attached to an aromatic ring is 1. The lowest BCUT2D eigenvalue weighted by Gasteiger charge is -2.14. The molecule has 0 spiro atoms. The van der Waals surface area contributed by atoms with Gasteiger partial charge in [-0.2, -0.15) is 18.4 Å². The molecule has 340 valence electrons. The molecule has 65 heavy (non-hydrogen) atoms. The van der Waals surface area contributed by atoms with Gasteiger partial charge in [0.1, 0.15) is 17.5 Å². The molecule has 4 aromatic carbocycles. The number of nitrogens with one attached hydrogen (secondary N) is 2. The summed E-state index contributed by atoms with van der Waals surface area (Å²) in [6, 6.07) is 25.3. The number of hydrogen-bond donors (Lipinski definition) is 4.